The molecule has 0 atom stereocenters. The molecule has 10 nitrogen and oxygen atoms in total. The molecular weight excluding hydrogens is 454 g/mol. The Morgan fingerprint density at radius 2 is 1.91 bits per heavy atom. The second-order valence-corrected chi connectivity index (χ2v) is 10.8. The van der Waals surface area contributed by atoms with E-state index in [-0.39, 0.29) is 29.5 Å². The SMILES string of the molecule is CCCn1c(=O)c2c(nc(SCC(=O)[O-])n2C2CS(=O)C2)n(C)c1=O.[NH3+]C1CCCCC1. The number of rotatable bonds is 6. The van der Waals surface area contributed by atoms with Crippen LogP contribution in [0.1, 0.15) is 51.5 Å². The number of carbonyl (C=O) groups is 1. The predicted octanol–water partition coefficient (Wildman–Crippen LogP) is -0.987. The van der Waals surface area contributed by atoms with Crippen molar-refractivity contribution in [3.05, 3.63) is 20.8 Å². The Bertz CT molecular complexity index is 1110. The number of fused-ring (bicyclic) bond motifs is 1. The molecular formula is C20H31N5O5S2. The molecule has 32 heavy (non-hydrogen) atoms. The van der Waals surface area contributed by atoms with E-state index >= 15 is 0 Å². The molecule has 2 aromatic heterocycles. The highest BCUT2D eigenvalue weighted by atomic mass is 32.2. The normalized spacial score (nSPS) is 21.1. The van der Waals surface area contributed by atoms with Crippen LogP contribution in [0.4, 0.5) is 0 Å². The van der Waals surface area contributed by atoms with Crippen LogP contribution in [0.2, 0.25) is 0 Å². The molecule has 1 aliphatic carbocycles. The summed E-state index contributed by atoms with van der Waals surface area (Å²) in [6.45, 7) is 2.15. The van der Waals surface area contributed by atoms with Crippen LogP contribution in [0.3, 0.4) is 0 Å². The zero-order valence-corrected chi connectivity index (χ0v) is 20.2. The molecule has 0 aromatic carbocycles. The molecule has 3 N–H and O–H groups in total. The summed E-state index contributed by atoms with van der Waals surface area (Å²) in [5, 5.41) is 11.1. The molecule has 0 amide bonds. The molecule has 4 rings (SSSR count). The molecule has 3 heterocycles. The van der Waals surface area contributed by atoms with Crippen molar-refractivity contribution in [2.75, 3.05) is 17.3 Å². The van der Waals surface area contributed by atoms with Gasteiger partial charge in [-0.05, 0) is 32.1 Å². The fourth-order valence-electron chi connectivity index (χ4n) is 4.02. The predicted molar refractivity (Wildman–Crippen MR) is 122 cm³/mol. The monoisotopic (exact) mass is 485 g/mol. The molecule has 0 radical (unpaired) electrons. The van der Waals surface area contributed by atoms with Gasteiger partial charge in [-0.1, -0.05) is 25.1 Å². The fourth-order valence-corrected chi connectivity index (χ4v) is 5.86. The lowest BCUT2D eigenvalue weighted by atomic mass is 9.97. The first-order valence-electron chi connectivity index (χ1n) is 11.0. The topological polar surface area (TPSA) is 147 Å². The standard InChI is InChI=1S/C14H18N4O5S2.C6H13N/c1-3-4-17-12(21)10-11(16(2)14(17)22)15-13(24-5-9(19)20)18(10)8-6-25(23)7-8;7-6-4-2-1-3-5-6/h8H,3-7H2,1-2H3,(H,19,20);6H,1-5,7H2. The van der Waals surface area contributed by atoms with E-state index in [0.29, 0.717) is 23.1 Å². The van der Waals surface area contributed by atoms with Gasteiger partial charge in [-0.3, -0.25) is 18.1 Å². The summed E-state index contributed by atoms with van der Waals surface area (Å²) < 4.78 is 15.6. The molecule has 2 aromatic rings. The minimum atomic E-state index is -1.25. The summed E-state index contributed by atoms with van der Waals surface area (Å²) in [4.78, 5) is 40.4. The third kappa shape index (κ3) is 5.34. The minimum absolute atomic E-state index is 0.199. The number of carbonyl (C=O) groups excluding carboxylic acids is 1. The lowest BCUT2D eigenvalue weighted by molar-refractivity contribution is -0.425. The first-order valence-corrected chi connectivity index (χ1v) is 13.4. The Balaban J connectivity index is 0.000000352. The van der Waals surface area contributed by atoms with Crippen molar-refractivity contribution in [2.45, 2.75) is 69.2 Å². The molecule has 1 aliphatic heterocycles. The Labute approximate surface area is 192 Å². The van der Waals surface area contributed by atoms with Crippen molar-refractivity contribution in [1.29, 1.82) is 0 Å². The minimum Gasteiger partial charge on any atom is -0.549 e. The lowest BCUT2D eigenvalue weighted by Crippen LogP contribution is -2.61. The highest BCUT2D eigenvalue weighted by Crippen LogP contribution is 2.30. The number of aromatic nitrogens is 4. The van der Waals surface area contributed by atoms with Gasteiger partial charge in [0.1, 0.15) is 0 Å². The third-order valence-electron chi connectivity index (χ3n) is 5.76. The van der Waals surface area contributed by atoms with Crippen LogP contribution >= 0.6 is 11.8 Å². The zero-order valence-electron chi connectivity index (χ0n) is 18.6. The van der Waals surface area contributed by atoms with Gasteiger partial charge in [-0.2, -0.15) is 0 Å². The maximum atomic E-state index is 12.9. The zero-order chi connectivity index (χ0) is 23.4. The van der Waals surface area contributed by atoms with Gasteiger partial charge in [0.15, 0.2) is 16.3 Å². The number of hydrogen-bond donors (Lipinski definition) is 1. The van der Waals surface area contributed by atoms with Gasteiger partial charge >= 0.3 is 5.69 Å². The van der Waals surface area contributed by atoms with Gasteiger partial charge in [-0.15, -0.1) is 0 Å². The number of carboxylic acids is 1. The molecule has 0 spiro atoms. The molecule has 2 aliphatic rings. The summed E-state index contributed by atoms with van der Waals surface area (Å²) in [6, 6.07) is 0.587. The van der Waals surface area contributed by atoms with E-state index in [1.807, 2.05) is 6.92 Å². The van der Waals surface area contributed by atoms with E-state index in [0.717, 1.165) is 22.4 Å². The summed E-state index contributed by atoms with van der Waals surface area (Å²) in [6.07, 6.45) is 7.67. The van der Waals surface area contributed by atoms with Crippen LogP contribution in [0.15, 0.2) is 14.7 Å². The molecule has 1 saturated heterocycles. The van der Waals surface area contributed by atoms with Gasteiger partial charge in [-0.25, -0.2) is 9.78 Å². The van der Waals surface area contributed by atoms with Crippen LogP contribution < -0.4 is 22.1 Å². The number of imidazole rings is 1. The van der Waals surface area contributed by atoms with Crippen LogP contribution in [-0.2, 0) is 29.2 Å². The number of thioether (sulfide) groups is 1. The average Bonchev–Trinajstić information content (AvgIpc) is 3.12. The van der Waals surface area contributed by atoms with Crippen molar-refractivity contribution in [1.82, 2.24) is 18.7 Å². The quantitative estimate of drug-likeness (QED) is 0.517. The Hall–Kier alpha value is -1.92. The first kappa shape index (κ1) is 24.7. The Kier molecular flexibility index (Phi) is 8.34. The third-order valence-corrected chi connectivity index (χ3v) is 8.20. The second kappa shape index (κ2) is 10.8. The van der Waals surface area contributed by atoms with Crippen molar-refractivity contribution in [3.8, 4) is 0 Å². The van der Waals surface area contributed by atoms with Gasteiger partial charge in [0.2, 0.25) is 0 Å². The van der Waals surface area contributed by atoms with Crippen molar-refractivity contribution >= 4 is 39.7 Å². The first-order chi connectivity index (χ1) is 15.2. The number of nitrogens with zero attached hydrogens (tertiary/aromatic N) is 4. The molecule has 178 valence electrons. The summed E-state index contributed by atoms with van der Waals surface area (Å²) >= 11 is 0.930. The summed E-state index contributed by atoms with van der Waals surface area (Å²) in [7, 11) is 0.568. The van der Waals surface area contributed by atoms with Gasteiger partial charge in [0, 0.05) is 41.7 Å². The van der Waals surface area contributed by atoms with Crippen molar-refractivity contribution in [2.24, 2.45) is 7.05 Å². The Morgan fingerprint density at radius 1 is 1.25 bits per heavy atom. The van der Waals surface area contributed by atoms with E-state index < -0.39 is 28.0 Å². The smallest absolute Gasteiger partial charge is 0.332 e. The van der Waals surface area contributed by atoms with E-state index in [4.69, 9.17) is 0 Å². The number of carboxylic acid groups (broad SMARTS) is 1. The number of aliphatic carboxylic acids is 1. The van der Waals surface area contributed by atoms with Crippen LogP contribution in [0, 0.1) is 0 Å². The van der Waals surface area contributed by atoms with Crippen LogP contribution in [0.25, 0.3) is 11.2 Å². The summed E-state index contributed by atoms with van der Waals surface area (Å²) in [5.41, 5.74) is 3.54. The summed E-state index contributed by atoms with van der Waals surface area (Å²) in [5.74, 6) is -0.824. The van der Waals surface area contributed by atoms with E-state index in [2.05, 4.69) is 10.7 Å². The van der Waals surface area contributed by atoms with Crippen LogP contribution in [0.5, 0.6) is 0 Å². The van der Waals surface area contributed by atoms with E-state index in [1.54, 1.807) is 4.57 Å². The van der Waals surface area contributed by atoms with E-state index in [9.17, 15) is 23.7 Å². The highest BCUT2D eigenvalue weighted by Gasteiger charge is 2.32. The maximum absolute atomic E-state index is 12.9. The van der Waals surface area contributed by atoms with Gasteiger partial charge < -0.3 is 20.2 Å². The molecule has 2 fully saturated rings. The van der Waals surface area contributed by atoms with Crippen molar-refractivity contribution < 1.29 is 19.8 Å². The number of quaternary nitrogens is 1. The largest absolute Gasteiger partial charge is 0.549 e. The fraction of sp³-hybridized carbons (Fsp3) is 0.700. The van der Waals surface area contributed by atoms with Gasteiger partial charge in [0.25, 0.3) is 5.56 Å². The number of aryl methyl sites for hydroxylation is 1. The maximum Gasteiger partial charge on any atom is 0.332 e. The molecule has 0 bridgehead atoms. The molecule has 12 heteroatoms. The molecule has 0 unspecified atom stereocenters. The van der Waals surface area contributed by atoms with Gasteiger partial charge in [0.05, 0.1) is 18.1 Å². The lowest BCUT2D eigenvalue weighted by Gasteiger charge is -2.28. The average molecular weight is 486 g/mol. The Morgan fingerprint density at radius 3 is 2.41 bits per heavy atom. The molecule has 1 saturated carbocycles. The second-order valence-electron chi connectivity index (χ2n) is 8.33. The van der Waals surface area contributed by atoms with Crippen molar-refractivity contribution in [3.63, 3.8) is 0 Å². The highest BCUT2D eigenvalue weighted by molar-refractivity contribution is 7.99. The number of hydrogen-bond acceptors (Lipinski definition) is 7. The van der Waals surface area contributed by atoms with Crippen LogP contribution in [-0.4, -0.2) is 52.2 Å². The van der Waals surface area contributed by atoms with E-state index in [1.165, 1.54) is 43.7 Å².